The van der Waals surface area contributed by atoms with Gasteiger partial charge in [-0.25, -0.2) is 0 Å². The van der Waals surface area contributed by atoms with E-state index in [2.05, 4.69) is 84.9 Å². The van der Waals surface area contributed by atoms with E-state index in [1.54, 1.807) is 0 Å². The molecule has 0 aromatic heterocycles. The third-order valence-corrected chi connectivity index (χ3v) is 6.29. The highest BCUT2D eigenvalue weighted by Crippen LogP contribution is 2.35. The Kier molecular flexibility index (Phi) is 6.27. The van der Waals surface area contributed by atoms with Crippen LogP contribution in [0.5, 0.6) is 0 Å². The number of ketones is 1. The molecular weight excluding hydrogens is 352 g/mol. The van der Waals surface area contributed by atoms with Crippen LogP contribution in [-0.2, 0) is 4.79 Å². The smallest absolute Gasteiger partial charge is 0.185 e. The molecule has 2 aromatic carbocycles. The van der Waals surface area contributed by atoms with Crippen LogP contribution in [0.4, 0.5) is 0 Å². The van der Waals surface area contributed by atoms with E-state index in [0.717, 1.165) is 30.4 Å². The van der Waals surface area contributed by atoms with E-state index in [1.807, 2.05) is 0 Å². The normalized spacial score (nSPS) is 20.0. The Labute approximate surface area is 176 Å². The van der Waals surface area contributed by atoms with Crippen LogP contribution in [0.1, 0.15) is 70.7 Å². The largest absolute Gasteiger partial charge is 0.289 e. The maximum Gasteiger partial charge on any atom is 0.185 e. The number of Topliss-reactive ketones (excluding diaryl/α,β-unsaturated/α-hetero) is 1. The van der Waals surface area contributed by atoms with Crippen molar-refractivity contribution in [3.8, 4) is 0 Å². The van der Waals surface area contributed by atoms with Crippen LogP contribution < -0.4 is 0 Å². The van der Waals surface area contributed by atoms with E-state index in [0.29, 0.717) is 5.92 Å². The van der Waals surface area contributed by atoms with E-state index in [-0.39, 0.29) is 5.78 Å². The molecule has 0 amide bonds. The number of benzene rings is 2. The Hall–Kier alpha value is -2.41. The predicted molar refractivity (Wildman–Crippen MR) is 125 cm³/mol. The first-order valence-corrected chi connectivity index (χ1v) is 10.8. The summed E-state index contributed by atoms with van der Waals surface area (Å²) in [6, 6.07) is 8.83. The van der Waals surface area contributed by atoms with Crippen molar-refractivity contribution in [1.82, 2.24) is 0 Å². The van der Waals surface area contributed by atoms with Crippen LogP contribution in [0.3, 0.4) is 0 Å². The highest BCUT2D eigenvalue weighted by Gasteiger charge is 2.27. The van der Waals surface area contributed by atoms with Crippen molar-refractivity contribution in [2.45, 2.75) is 67.7 Å². The number of hydrogen-bond donors (Lipinski definition) is 0. The van der Waals surface area contributed by atoms with Gasteiger partial charge in [-0.1, -0.05) is 48.7 Å². The molecule has 1 heteroatoms. The molecule has 0 saturated heterocycles. The Balaban J connectivity index is 2.07. The van der Waals surface area contributed by atoms with Crippen molar-refractivity contribution >= 4 is 17.9 Å². The van der Waals surface area contributed by atoms with Crippen LogP contribution in [-0.4, -0.2) is 5.78 Å². The molecule has 1 fully saturated rings. The molecule has 1 aliphatic rings. The van der Waals surface area contributed by atoms with Crippen molar-refractivity contribution in [1.29, 1.82) is 0 Å². The van der Waals surface area contributed by atoms with Gasteiger partial charge in [-0.15, -0.1) is 0 Å². The summed E-state index contributed by atoms with van der Waals surface area (Å²) in [7, 11) is 0. The predicted octanol–water partition coefficient (Wildman–Crippen LogP) is 7.39. The van der Waals surface area contributed by atoms with Crippen LogP contribution in [0.15, 0.2) is 35.4 Å². The zero-order chi connectivity index (χ0) is 21.3. The van der Waals surface area contributed by atoms with Gasteiger partial charge in [-0.3, -0.25) is 4.79 Å². The molecule has 3 rings (SSSR count). The van der Waals surface area contributed by atoms with E-state index in [9.17, 15) is 4.79 Å². The van der Waals surface area contributed by atoms with Crippen molar-refractivity contribution in [3.05, 3.63) is 79.9 Å². The van der Waals surface area contributed by atoms with Crippen molar-refractivity contribution in [2.75, 3.05) is 0 Å². The van der Waals surface area contributed by atoms with Gasteiger partial charge in [0.25, 0.3) is 0 Å². The summed E-state index contributed by atoms with van der Waals surface area (Å²) < 4.78 is 0. The zero-order valence-corrected chi connectivity index (χ0v) is 19.1. The Morgan fingerprint density at radius 1 is 0.724 bits per heavy atom. The fraction of sp³-hybridized carbons (Fsp3) is 0.393. The molecular formula is C28H34O. The first-order chi connectivity index (χ1) is 13.7. The summed E-state index contributed by atoms with van der Waals surface area (Å²) in [5.41, 5.74) is 11.9. The zero-order valence-electron chi connectivity index (χ0n) is 19.1. The molecule has 2 aromatic rings. The lowest BCUT2D eigenvalue weighted by Crippen LogP contribution is -2.20. The lowest BCUT2D eigenvalue weighted by molar-refractivity contribution is -0.113. The number of rotatable bonds is 3. The lowest BCUT2D eigenvalue weighted by atomic mass is 9.78. The number of carbonyl (C=O) groups is 1. The summed E-state index contributed by atoms with van der Waals surface area (Å²) in [6.45, 7) is 15.1. The highest BCUT2D eigenvalue weighted by molar-refractivity contribution is 6.14. The molecule has 0 radical (unpaired) electrons. The topological polar surface area (TPSA) is 17.1 Å². The van der Waals surface area contributed by atoms with Gasteiger partial charge < -0.3 is 0 Å². The summed E-state index contributed by atoms with van der Waals surface area (Å²) in [5, 5.41) is 0. The summed E-state index contributed by atoms with van der Waals surface area (Å²) in [5.74, 6) is 0.760. The van der Waals surface area contributed by atoms with E-state index >= 15 is 0 Å². The van der Waals surface area contributed by atoms with Crippen LogP contribution in [0.2, 0.25) is 0 Å². The second-order valence-electron chi connectivity index (χ2n) is 8.98. The van der Waals surface area contributed by atoms with Gasteiger partial charge >= 0.3 is 0 Å². The summed E-state index contributed by atoms with van der Waals surface area (Å²) in [6.07, 6.45) is 7.18. The minimum atomic E-state index is 0.230. The quantitative estimate of drug-likeness (QED) is 0.502. The fourth-order valence-electron chi connectivity index (χ4n) is 4.81. The van der Waals surface area contributed by atoms with Crippen molar-refractivity contribution in [2.24, 2.45) is 5.92 Å². The number of carbonyl (C=O) groups excluding carboxylic acids is 1. The molecule has 29 heavy (non-hydrogen) atoms. The maximum absolute atomic E-state index is 13.4. The monoisotopic (exact) mass is 386 g/mol. The molecule has 0 spiro atoms. The Morgan fingerprint density at radius 3 is 1.38 bits per heavy atom. The number of hydrogen-bond acceptors (Lipinski definition) is 1. The van der Waals surface area contributed by atoms with E-state index in [4.69, 9.17) is 0 Å². The molecule has 0 heterocycles. The van der Waals surface area contributed by atoms with Gasteiger partial charge in [0.1, 0.15) is 0 Å². The first kappa shape index (κ1) is 21.3. The highest BCUT2D eigenvalue weighted by atomic mass is 16.1. The SMILES string of the molecule is CCC1C/C(=C\c2c(C)cc(C)cc2C)C(=O)/C(=C/c2c(C)cc(C)cc2C)C1. The second-order valence-corrected chi connectivity index (χ2v) is 8.98. The van der Waals surface area contributed by atoms with E-state index < -0.39 is 0 Å². The van der Waals surface area contributed by atoms with Gasteiger partial charge in [0, 0.05) is 11.1 Å². The average Bonchev–Trinajstić information content (AvgIpc) is 2.63. The minimum Gasteiger partial charge on any atom is -0.289 e. The third kappa shape index (κ3) is 4.61. The molecule has 0 bridgehead atoms. The molecule has 0 atom stereocenters. The Bertz CT molecular complexity index is 891. The van der Waals surface area contributed by atoms with E-state index in [1.165, 1.54) is 44.5 Å². The minimum absolute atomic E-state index is 0.230. The molecule has 0 N–H and O–H groups in total. The van der Waals surface area contributed by atoms with Crippen LogP contribution in [0.25, 0.3) is 12.2 Å². The van der Waals surface area contributed by atoms with Crippen LogP contribution in [0, 0.1) is 47.5 Å². The molecule has 152 valence electrons. The number of aryl methyl sites for hydroxylation is 6. The first-order valence-electron chi connectivity index (χ1n) is 10.8. The van der Waals surface area contributed by atoms with Gasteiger partial charge in [-0.05, 0) is 106 Å². The van der Waals surface area contributed by atoms with Gasteiger partial charge in [0.15, 0.2) is 5.78 Å². The standard InChI is InChI=1S/C28H34O/c1-8-23-13-24(15-26-19(4)9-17(2)10-20(26)5)28(29)25(14-23)16-27-21(6)11-18(3)12-22(27)7/h9-12,15-16,23H,8,13-14H2,1-7H3/b24-15+,25-16+. The maximum atomic E-state index is 13.4. The molecule has 0 aliphatic heterocycles. The fourth-order valence-corrected chi connectivity index (χ4v) is 4.81. The third-order valence-electron chi connectivity index (χ3n) is 6.29. The number of allylic oxidation sites excluding steroid dienone is 2. The van der Waals surface area contributed by atoms with Crippen LogP contribution >= 0.6 is 0 Å². The van der Waals surface area contributed by atoms with Gasteiger partial charge in [0.2, 0.25) is 0 Å². The molecule has 1 saturated carbocycles. The second kappa shape index (κ2) is 8.53. The molecule has 0 unspecified atom stereocenters. The van der Waals surface area contributed by atoms with Gasteiger partial charge in [-0.2, -0.15) is 0 Å². The lowest BCUT2D eigenvalue weighted by Gasteiger charge is -2.25. The molecule has 1 nitrogen and oxygen atoms in total. The summed E-state index contributed by atoms with van der Waals surface area (Å²) in [4.78, 5) is 13.4. The average molecular weight is 387 g/mol. The Morgan fingerprint density at radius 2 is 1.07 bits per heavy atom. The van der Waals surface area contributed by atoms with Crippen molar-refractivity contribution in [3.63, 3.8) is 0 Å². The van der Waals surface area contributed by atoms with Gasteiger partial charge in [0.05, 0.1) is 0 Å². The molecule has 1 aliphatic carbocycles. The van der Waals surface area contributed by atoms with Crippen molar-refractivity contribution < 1.29 is 4.79 Å². The summed E-state index contributed by atoms with van der Waals surface area (Å²) >= 11 is 0.